The summed E-state index contributed by atoms with van der Waals surface area (Å²) in [6, 6.07) is 4.58. The van der Waals surface area contributed by atoms with Gasteiger partial charge in [0.1, 0.15) is 12.0 Å². The number of pyridine rings is 1. The van der Waals surface area contributed by atoms with Gasteiger partial charge in [-0.05, 0) is 47.8 Å². The van der Waals surface area contributed by atoms with Gasteiger partial charge >= 0.3 is 0 Å². The number of rotatable bonds is 4. The Morgan fingerprint density at radius 2 is 2.13 bits per heavy atom. The number of hydrogen-bond donors (Lipinski definition) is 4. The Balaban J connectivity index is 1.37. The van der Waals surface area contributed by atoms with Crippen LogP contribution in [0, 0.1) is 5.92 Å². The van der Waals surface area contributed by atoms with Gasteiger partial charge in [-0.3, -0.25) is 10.1 Å². The van der Waals surface area contributed by atoms with Crippen molar-refractivity contribution in [3.05, 3.63) is 40.3 Å². The minimum absolute atomic E-state index is 0.0855. The summed E-state index contributed by atoms with van der Waals surface area (Å²) in [6.07, 6.45) is 4.57. The predicted octanol–water partition coefficient (Wildman–Crippen LogP) is 1.80. The van der Waals surface area contributed by atoms with Crippen molar-refractivity contribution in [2.24, 2.45) is 11.7 Å². The van der Waals surface area contributed by atoms with E-state index in [0.717, 1.165) is 35.5 Å². The van der Waals surface area contributed by atoms with E-state index >= 15 is 0 Å². The first kappa shape index (κ1) is 21.3. The highest BCUT2D eigenvalue weighted by molar-refractivity contribution is 9.10. The van der Waals surface area contributed by atoms with Crippen molar-refractivity contribution >= 4 is 21.7 Å². The molecule has 3 saturated heterocycles. The van der Waals surface area contributed by atoms with Crippen molar-refractivity contribution in [1.82, 2.24) is 30.9 Å². The molecule has 2 aromatic heterocycles. The number of piperidine rings is 2. The Morgan fingerprint density at radius 3 is 2.90 bits per heavy atom. The maximum Gasteiger partial charge on any atom is 0.143 e. The van der Waals surface area contributed by atoms with E-state index in [1.54, 1.807) is 0 Å². The van der Waals surface area contributed by atoms with Crippen molar-refractivity contribution in [3.63, 3.8) is 0 Å². The van der Waals surface area contributed by atoms with Gasteiger partial charge in [0.25, 0.3) is 0 Å². The first-order valence-electron chi connectivity index (χ1n) is 11.1. The van der Waals surface area contributed by atoms with Gasteiger partial charge in [0, 0.05) is 55.4 Å². The second kappa shape index (κ2) is 8.74. The Morgan fingerprint density at radius 1 is 1.26 bits per heavy atom. The standard InChI is InChI=1S/C21H30BrFN8/c1-2-31-9-12(7-26-31)18-6-15-19(8-25-18)28-29-20(15)17-4-3-16(22)21(27-17)30-10-13(23)5-14(24)11-30/h3-4,7,9,13-15,18-20,25,28-29H,2,5-6,8,10-11,24H2,1H3/t13-,14-,15?,18?,19?,20?/m1/s1. The topological polar surface area (TPSA) is 96.1 Å². The van der Waals surface area contributed by atoms with Gasteiger partial charge in [-0.1, -0.05) is 0 Å². The monoisotopic (exact) mass is 492 g/mol. The molecule has 0 aliphatic carbocycles. The van der Waals surface area contributed by atoms with Gasteiger partial charge < -0.3 is 16.0 Å². The van der Waals surface area contributed by atoms with Crippen LogP contribution < -0.4 is 26.8 Å². The molecular formula is C21H30BrFN8. The summed E-state index contributed by atoms with van der Waals surface area (Å²) >= 11 is 3.61. The van der Waals surface area contributed by atoms with E-state index in [1.807, 2.05) is 21.8 Å². The van der Waals surface area contributed by atoms with Gasteiger partial charge in [-0.25, -0.2) is 14.8 Å². The van der Waals surface area contributed by atoms with Crippen LogP contribution in [0.1, 0.15) is 43.1 Å². The summed E-state index contributed by atoms with van der Waals surface area (Å²) < 4.78 is 17.0. The van der Waals surface area contributed by atoms with Crippen molar-refractivity contribution in [1.29, 1.82) is 0 Å². The van der Waals surface area contributed by atoms with Crippen molar-refractivity contribution in [2.45, 2.75) is 56.6 Å². The minimum atomic E-state index is -0.925. The number of fused-ring (bicyclic) bond motifs is 1. The summed E-state index contributed by atoms with van der Waals surface area (Å²) in [4.78, 5) is 6.94. The number of nitrogens with zero attached hydrogens (tertiary/aromatic N) is 4. The molecule has 0 radical (unpaired) electrons. The summed E-state index contributed by atoms with van der Waals surface area (Å²) in [7, 11) is 0. The van der Waals surface area contributed by atoms with Crippen LogP contribution in [-0.4, -0.2) is 52.7 Å². The molecule has 3 fully saturated rings. The van der Waals surface area contributed by atoms with E-state index in [4.69, 9.17) is 10.7 Å². The molecule has 2 aromatic rings. The Bertz CT molecular complexity index is 913. The lowest BCUT2D eigenvalue weighted by Gasteiger charge is -2.35. The van der Waals surface area contributed by atoms with E-state index in [1.165, 1.54) is 5.56 Å². The fourth-order valence-corrected chi connectivity index (χ4v) is 5.61. The van der Waals surface area contributed by atoms with Gasteiger partial charge in [0.05, 0.1) is 29.0 Å². The lowest BCUT2D eigenvalue weighted by atomic mass is 9.82. The van der Waals surface area contributed by atoms with Crippen LogP contribution in [0.3, 0.4) is 0 Å². The van der Waals surface area contributed by atoms with Gasteiger partial charge in [-0.2, -0.15) is 5.10 Å². The van der Waals surface area contributed by atoms with Crippen LogP contribution in [-0.2, 0) is 6.54 Å². The SMILES string of the molecule is CCn1cc(C2CC3C(CN2)NNC3c2ccc(Br)c(N3C[C@H](N)C[C@@H](F)C3)n2)cn1. The van der Waals surface area contributed by atoms with Gasteiger partial charge in [0.2, 0.25) is 0 Å². The zero-order valence-electron chi connectivity index (χ0n) is 17.6. The summed E-state index contributed by atoms with van der Waals surface area (Å²) in [5.74, 6) is 1.16. The number of aryl methyl sites for hydroxylation is 1. The minimum Gasteiger partial charge on any atom is -0.351 e. The zero-order chi connectivity index (χ0) is 21.5. The summed E-state index contributed by atoms with van der Waals surface area (Å²) in [6.45, 7) is 4.79. The third-order valence-corrected chi connectivity index (χ3v) is 7.36. The van der Waals surface area contributed by atoms with E-state index in [2.05, 4.69) is 56.4 Å². The maximum absolute atomic E-state index is 14.2. The normalized spacial score (nSPS) is 33.5. The Labute approximate surface area is 190 Å². The molecular weight excluding hydrogens is 463 g/mol. The fraction of sp³-hybridized carbons (Fsp3) is 0.619. The predicted molar refractivity (Wildman–Crippen MR) is 121 cm³/mol. The van der Waals surface area contributed by atoms with E-state index in [0.29, 0.717) is 31.5 Å². The second-order valence-corrected chi connectivity index (χ2v) is 9.76. The highest BCUT2D eigenvalue weighted by Crippen LogP contribution is 2.39. The number of nitrogens with one attached hydrogen (secondary N) is 3. The lowest BCUT2D eigenvalue weighted by Crippen LogP contribution is -2.48. The summed E-state index contributed by atoms with van der Waals surface area (Å²) in [5, 5.41) is 8.09. The third kappa shape index (κ3) is 4.23. The molecule has 6 atom stereocenters. The van der Waals surface area contributed by atoms with Crippen LogP contribution >= 0.6 is 15.9 Å². The molecule has 5 heterocycles. The molecule has 3 aliphatic rings. The Kier molecular flexibility index (Phi) is 6.00. The molecule has 0 bridgehead atoms. The largest absolute Gasteiger partial charge is 0.351 e. The highest BCUT2D eigenvalue weighted by Gasteiger charge is 2.42. The third-order valence-electron chi connectivity index (χ3n) is 6.74. The number of hydrogen-bond acceptors (Lipinski definition) is 7. The van der Waals surface area contributed by atoms with Crippen molar-refractivity contribution < 1.29 is 4.39 Å². The average Bonchev–Trinajstić information content (AvgIpc) is 3.40. The van der Waals surface area contributed by atoms with Crippen LogP contribution in [0.2, 0.25) is 0 Å². The van der Waals surface area contributed by atoms with Gasteiger partial charge in [-0.15, -0.1) is 0 Å². The van der Waals surface area contributed by atoms with Gasteiger partial charge in [0.15, 0.2) is 0 Å². The molecule has 10 heteroatoms. The summed E-state index contributed by atoms with van der Waals surface area (Å²) in [5.41, 5.74) is 15.2. The quantitative estimate of drug-likeness (QED) is 0.516. The smallest absolute Gasteiger partial charge is 0.143 e. The maximum atomic E-state index is 14.2. The van der Waals surface area contributed by atoms with E-state index in [9.17, 15) is 4.39 Å². The molecule has 4 unspecified atom stereocenters. The number of nitrogens with two attached hydrogens (primary N) is 1. The Hall–Kier alpha value is -1.59. The van der Waals surface area contributed by atoms with Crippen LogP contribution in [0.15, 0.2) is 29.0 Å². The second-order valence-electron chi connectivity index (χ2n) is 8.90. The van der Waals surface area contributed by atoms with E-state index in [-0.39, 0.29) is 18.1 Å². The molecule has 0 spiro atoms. The number of alkyl halides is 1. The van der Waals surface area contributed by atoms with Crippen LogP contribution in [0.5, 0.6) is 0 Å². The zero-order valence-corrected chi connectivity index (χ0v) is 19.2. The lowest BCUT2D eigenvalue weighted by molar-refractivity contribution is 0.263. The molecule has 5 N–H and O–H groups in total. The molecule has 0 aromatic carbocycles. The van der Waals surface area contributed by atoms with Crippen molar-refractivity contribution in [3.8, 4) is 0 Å². The molecule has 168 valence electrons. The fourth-order valence-electron chi connectivity index (χ4n) is 5.14. The molecule has 0 saturated carbocycles. The number of hydrazine groups is 1. The molecule has 0 amide bonds. The number of anilines is 1. The number of aromatic nitrogens is 3. The molecule has 3 aliphatic heterocycles. The van der Waals surface area contributed by atoms with Crippen molar-refractivity contribution in [2.75, 3.05) is 24.5 Å². The van der Waals surface area contributed by atoms with Crippen LogP contribution in [0.4, 0.5) is 10.2 Å². The van der Waals surface area contributed by atoms with E-state index < -0.39 is 6.17 Å². The van der Waals surface area contributed by atoms with Crippen LogP contribution in [0.25, 0.3) is 0 Å². The molecule has 31 heavy (non-hydrogen) atoms. The first-order valence-corrected chi connectivity index (χ1v) is 11.9. The molecule has 8 nitrogen and oxygen atoms in total. The average molecular weight is 493 g/mol. The first-order chi connectivity index (χ1) is 15.0. The highest BCUT2D eigenvalue weighted by atomic mass is 79.9. The molecule has 5 rings (SSSR count). The number of halogens is 2.